The van der Waals surface area contributed by atoms with Gasteiger partial charge < -0.3 is 9.84 Å². The van der Waals surface area contributed by atoms with Crippen LogP contribution in [0.1, 0.15) is 74.7 Å². The maximum absolute atomic E-state index is 12.2. The van der Waals surface area contributed by atoms with Crippen molar-refractivity contribution in [3.63, 3.8) is 0 Å². The van der Waals surface area contributed by atoms with Crippen molar-refractivity contribution in [3.05, 3.63) is 35.4 Å². The molecular weight excluding hydrogens is 316 g/mol. The highest BCUT2D eigenvalue weighted by molar-refractivity contribution is 5.87. The van der Waals surface area contributed by atoms with E-state index < -0.39 is 11.6 Å². The first kappa shape index (κ1) is 18.0. The van der Waals surface area contributed by atoms with Crippen molar-refractivity contribution >= 4 is 11.9 Å². The summed E-state index contributed by atoms with van der Waals surface area (Å²) in [5.74, 6) is 0.853. The maximum atomic E-state index is 12.2. The molecule has 2 aliphatic carbocycles. The van der Waals surface area contributed by atoms with E-state index in [9.17, 15) is 9.59 Å². The van der Waals surface area contributed by atoms with Crippen LogP contribution >= 0.6 is 0 Å². The highest BCUT2D eigenvalue weighted by Crippen LogP contribution is 2.52. The van der Waals surface area contributed by atoms with Crippen molar-refractivity contribution in [1.82, 2.24) is 0 Å². The highest BCUT2D eigenvalue weighted by Gasteiger charge is 2.49. The van der Waals surface area contributed by atoms with Gasteiger partial charge in [-0.05, 0) is 88.3 Å². The van der Waals surface area contributed by atoms with Crippen molar-refractivity contribution in [1.29, 1.82) is 0 Å². The summed E-state index contributed by atoms with van der Waals surface area (Å²) in [4.78, 5) is 23.1. The molecule has 136 valence electrons. The van der Waals surface area contributed by atoms with Crippen LogP contribution in [-0.4, -0.2) is 22.6 Å². The van der Waals surface area contributed by atoms with Gasteiger partial charge in [0.25, 0.3) is 0 Å². The Balaban J connectivity index is 1.50. The summed E-state index contributed by atoms with van der Waals surface area (Å²) in [7, 11) is 0. The van der Waals surface area contributed by atoms with Crippen molar-refractivity contribution in [3.8, 4) is 0 Å². The van der Waals surface area contributed by atoms with Gasteiger partial charge in [0, 0.05) is 0 Å². The smallest absolute Gasteiger partial charge is 0.335 e. The molecular formula is C21H28O4. The molecule has 25 heavy (non-hydrogen) atoms. The Morgan fingerprint density at radius 2 is 1.64 bits per heavy atom. The van der Waals surface area contributed by atoms with Crippen LogP contribution in [0.2, 0.25) is 0 Å². The van der Waals surface area contributed by atoms with E-state index in [1.807, 2.05) is 32.9 Å². The minimum atomic E-state index is -0.878. The molecule has 0 radical (unpaired) electrons. The first-order valence-corrected chi connectivity index (χ1v) is 9.30. The average molecular weight is 344 g/mol. The predicted octanol–water partition coefficient (Wildman–Crippen LogP) is 4.64. The van der Waals surface area contributed by atoms with Crippen LogP contribution in [0.5, 0.6) is 0 Å². The van der Waals surface area contributed by atoms with Gasteiger partial charge in [-0.25, -0.2) is 4.79 Å². The molecule has 2 aliphatic rings. The van der Waals surface area contributed by atoms with Crippen LogP contribution in [0.25, 0.3) is 0 Å². The van der Waals surface area contributed by atoms with Crippen molar-refractivity contribution in [2.45, 2.75) is 64.4 Å². The lowest BCUT2D eigenvalue weighted by Gasteiger charge is -2.29. The lowest BCUT2D eigenvalue weighted by Crippen LogP contribution is -2.26. The summed E-state index contributed by atoms with van der Waals surface area (Å²) in [5.41, 5.74) is 1.18. The van der Waals surface area contributed by atoms with E-state index >= 15 is 0 Å². The Kier molecular flexibility index (Phi) is 4.90. The molecule has 1 N–H and O–H groups in total. The standard InChI is InChI=1S/C21H28O4/c1-21(2,3)25-20(24)18-12-17(18)15-8-4-13(5-9-15)14-6-10-16(11-7-14)19(22)23/h6-7,10-11,13,15,17-18H,4-5,8-9,12H2,1-3H3,(H,22,23)/t13?,15?,17-,18+/m0/s1. The molecule has 1 aromatic carbocycles. The molecule has 0 aromatic heterocycles. The van der Waals surface area contributed by atoms with Crippen LogP contribution in [0.4, 0.5) is 0 Å². The number of ether oxygens (including phenoxy) is 1. The average Bonchev–Trinajstić information content (AvgIpc) is 3.34. The van der Waals surface area contributed by atoms with E-state index in [1.165, 1.54) is 5.56 Å². The number of carboxylic acid groups (broad SMARTS) is 1. The molecule has 3 rings (SSSR count). The molecule has 0 heterocycles. The zero-order valence-corrected chi connectivity index (χ0v) is 15.3. The number of hydrogen-bond donors (Lipinski definition) is 1. The van der Waals surface area contributed by atoms with Crippen molar-refractivity contribution in [2.75, 3.05) is 0 Å². The second-order valence-corrected chi connectivity index (χ2v) is 8.58. The monoisotopic (exact) mass is 344 g/mol. The number of carboxylic acids is 1. The van der Waals surface area contributed by atoms with Gasteiger partial charge in [0.05, 0.1) is 11.5 Å². The number of hydrogen-bond acceptors (Lipinski definition) is 3. The second kappa shape index (κ2) is 6.81. The zero-order valence-electron chi connectivity index (χ0n) is 15.3. The maximum Gasteiger partial charge on any atom is 0.335 e. The van der Waals surface area contributed by atoms with Crippen LogP contribution in [0.3, 0.4) is 0 Å². The fourth-order valence-corrected chi connectivity index (χ4v) is 4.16. The van der Waals surface area contributed by atoms with Gasteiger partial charge in [-0.15, -0.1) is 0 Å². The first-order chi connectivity index (χ1) is 11.7. The highest BCUT2D eigenvalue weighted by atomic mass is 16.6. The van der Waals surface area contributed by atoms with Gasteiger partial charge in [-0.1, -0.05) is 12.1 Å². The van der Waals surface area contributed by atoms with Crippen LogP contribution in [0.15, 0.2) is 24.3 Å². The molecule has 0 aliphatic heterocycles. The summed E-state index contributed by atoms with van der Waals surface area (Å²) in [6.07, 6.45) is 5.52. The Bertz CT molecular complexity index is 633. The number of esters is 1. The van der Waals surface area contributed by atoms with Gasteiger partial charge in [-0.3, -0.25) is 4.79 Å². The van der Waals surface area contributed by atoms with Gasteiger partial charge >= 0.3 is 11.9 Å². The molecule has 4 nitrogen and oxygen atoms in total. The third kappa shape index (κ3) is 4.42. The van der Waals surface area contributed by atoms with Crippen molar-refractivity contribution < 1.29 is 19.4 Å². The van der Waals surface area contributed by atoms with Gasteiger partial charge in [0.1, 0.15) is 5.60 Å². The van der Waals surface area contributed by atoms with E-state index in [2.05, 4.69) is 0 Å². The first-order valence-electron chi connectivity index (χ1n) is 9.30. The summed E-state index contributed by atoms with van der Waals surface area (Å²) in [5, 5.41) is 8.99. The molecule has 2 atom stereocenters. The van der Waals surface area contributed by atoms with Crippen LogP contribution < -0.4 is 0 Å². The summed E-state index contributed by atoms with van der Waals surface area (Å²) >= 11 is 0. The summed E-state index contributed by atoms with van der Waals surface area (Å²) in [6, 6.07) is 7.30. The fourth-order valence-electron chi connectivity index (χ4n) is 4.16. The summed E-state index contributed by atoms with van der Waals surface area (Å²) in [6.45, 7) is 5.76. The number of carbonyl (C=O) groups is 2. The van der Waals surface area contributed by atoms with E-state index in [0.717, 1.165) is 32.1 Å². The fraction of sp³-hybridized carbons (Fsp3) is 0.619. The van der Waals surface area contributed by atoms with Gasteiger partial charge in [0.15, 0.2) is 0 Å². The molecule has 2 fully saturated rings. The van der Waals surface area contributed by atoms with Crippen molar-refractivity contribution in [2.24, 2.45) is 17.8 Å². The van der Waals surface area contributed by atoms with E-state index in [-0.39, 0.29) is 11.9 Å². The molecule has 0 spiro atoms. The number of rotatable bonds is 4. The molecule has 0 unspecified atom stereocenters. The van der Waals surface area contributed by atoms with Gasteiger partial charge in [-0.2, -0.15) is 0 Å². The van der Waals surface area contributed by atoms with Crippen LogP contribution in [-0.2, 0) is 9.53 Å². The van der Waals surface area contributed by atoms with E-state index in [1.54, 1.807) is 12.1 Å². The lowest BCUT2D eigenvalue weighted by atomic mass is 9.76. The minimum absolute atomic E-state index is 0.0242. The quantitative estimate of drug-likeness (QED) is 0.809. The molecule has 2 saturated carbocycles. The number of benzene rings is 1. The molecule has 4 heteroatoms. The third-order valence-corrected chi connectivity index (χ3v) is 5.56. The molecule has 1 aromatic rings. The Morgan fingerprint density at radius 1 is 1.04 bits per heavy atom. The summed E-state index contributed by atoms with van der Waals surface area (Å²) < 4.78 is 5.52. The van der Waals surface area contributed by atoms with E-state index in [0.29, 0.717) is 23.3 Å². The normalized spacial score (nSPS) is 29.1. The third-order valence-electron chi connectivity index (χ3n) is 5.56. The lowest BCUT2D eigenvalue weighted by molar-refractivity contribution is -0.157. The minimum Gasteiger partial charge on any atom is -0.478 e. The SMILES string of the molecule is CC(C)(C)OC(=O)[C@@H]1C[C@H]1C1CCC(c2ccc(C(=O)O)cc2)CC1. The largest absolute Gasteiger partial charge is 0.478 e. The number of aromatic carboxylic acids is 1. The van der Waals surface area contributed by atoms with Crippen LogP contribution in [0, 0.1) is 17.8 Å². The molecule has 0 bridgehead atoms. The van der Waals surface area contributed by atoms with Gasteiger partial charge in [0.2, 0.25) is 0 Å². The Morgan fingerprint density at radius 3 is 2.16 bits per heavy atom. The molecule has 0 saturated heterocycles. The Labute approximate surface area is 149 Å². The van der Waals surface area contributed by atoms with E-state index in [4.69, 9.17) is 9.84 Å². The molecule has 0 amide bonds. The second-order valence-electron chi connectivity index (χ2n) is 8.58. The Hall–Kier alpha value is -1.84. The number of carbonyl (C=O) groups excluding carboxylic acids is 1. The topological polar surface area (TPSA) is 63.6 Å². The predicted molar refractivity (Wildman–Crippen MR) is 95.5 cm³/mol. The zero-order chi connectivity index (χ0) is 18.2.